The monoisotopic (exact) mass is 511 g/mol. The number of aliphatic hydroxyl groups excluding tert-OH is 1. The third-order valence-corrected chi connectivity index (χ3v) is 7.56. The zero-order valence-corrected chi connectivity index (χ0v) is 23.5. The summed E-state index contributed by atoms with van der Waals surface area (Å²) in [6.07, 6.45) is 13.0. The van der Waals surface area contributed by atoms with Crippen molar-refractivity contribution < 1.29 is 9.84 Å². The summed E-state index contributed by atoms with van der Waals surface area (Å²) in [5.74, 6) is 1.18. The highest BCUT2D eigenvalue weighted by Gasteiger charge is 2.52. The first kappa shape index (κ1) is 27.7. The Morgan fingerprint density at radius 2 is 1.50 bits per heavy atom. The third kappa shape index (κ3) is 5.58. The maximum Gasteiger partial charge on any atom is 0.153 e. The van der Waals surface area contributed by atoms with Crippen LogP contribution in [0.4, 0.5) is 0 Å². The van der Waals surface area contributed by atoms with E-state index < -0.39 is 11.5 Å². The molecule has 38 heavy (non-hydrogen) atoms. The fraction of sp³-hybridized carbons (Fsp3) is 0.424. The minimum atomic E-state index is -1.11. The van der Waals surface area contributed by atoms with Crippen LogP contribution in [0.25, 0.3) is 5.57 Å². The number of hydrogen-bond acceptors (Lipinski definition) is 5. The number of rotatable bonds is 11. The van der Waals surface area contributed by atoms with E-state index in [-0.39, 0.29) is 0 Å². The zero-order chi connectivity index (χ0) is 27.1. The van der Waals surface area contributed by atoms with Gasteiger partial charge >= 0.3 is 0 Å². The summed E-state index contributed by atoms with van der Waals surface area (Å²) in [6, 6.07) is 12.8. The molecule has 2 unspecified atom stereocenters. The maximum atomic E-state index is 11.9. The molecule has 3 aromatic rings. The van der Waals surface area contributed by atoms with E-state index in [9.17, 15) is 5.11 Å². The van der Waals surface area contributed by atoms with Crippen molar-refractivity contribution in [2.75, 3.05) is 6.61 Å². The standard InChI is InChI=1S/C33H41N3O2/c1-6-7-8-9-10-11-18-38-31-28(27-14-12-23(2)19-25(27)4)15-17-30(37)33(31,32-35-21-34-22-36-32)29-16-13-24(3)20-26(29)5/h12-17,19-22,30,37H,6-11,18H2,1-5H3. The Kier molecular flexibility index (Phi) is 9.11. The van der Waals surface area contributed by atoms with E-state index in [4.69, 9.17) is 4.74 Å². The Balaban J connectivity index is 1.91. The van der Waals surface area contributed by atoms with Gasteiger partial charge in [0.15, 0.2) is 5.82 Å². The van der Waals surface area contributed by atoms with Gasteiger partial charge in [0.2, 0.25) is 0 Å². The quantitative estimate of drug-likeness (QED) is 0.278. The van der Waals surface area contributed by atoms with Crippen LogP contribution in [-0.4, -0.2) is 32.8 Å². The molecular weight excluding hydrogens is 470 g/mol. The molecule has 1 heterocycles. The lowest BCUT2D eigenvalue weighted by molar-refractivity contribution is 0.0919. The molecule has 5 heteroatoms. The van der Waals surface area contributed by atoms with E-state index in [1.54, 1.807) is 0 Å². The van der Waals surface area contributed by atoms with E-state index in [1.807, 2.05) is 12.2 Å². The summed E-state index contributed by atoms with van der Waals surface area (Å²) in [6.45, 7) is 11.2. The number of aromatic nitrogens is 3. The third-order valence-electron chi connectivity index (χ3n) is 7.56. The van der Waals surface area contributed by atoms with Gasteiger partial charge in [-0.1, -0.05) is 98.7 Å². The van der Waals surface area contributed by atoms with Gasteiger partial charge in [-0.15, -0.1) is 0 Å². The molecule has 0 amide bonds. The van der Waals surface area contributed by atoms with Crippen molar-refractivity contribution in [1.82, 2.24) is 15.0 Å². The molecule has 0 spiro atoms. The molecule has 0 saturated heterocycles. The minimum absolute atomic E-state index is 0.483. The average molecular weight is 512 g/mol. The fourth-order valence-corrected chi connectivity index (χ4v) is 5.66. The van der Waals surface area contributed by atoms with Gasteiger partial charge in [0.25, 0.3) is 0 Å². The molecule has 0 radical (unpaired) electrons. The lowest BCUT2D eigenvalue weighted by atomic mass is 9.67. The molecule has 5 nitrogen and oxygen atoms in total. The van der Waals surface area contributed by atoms with Gasteiger partial charge in [-0.3, -0.25) is 0 Å². The average Bonchev–Trinajstić information content (AvgIpc) is 2.90. The van der Waals surface area contributed by atoms with Crippen molar-refractivity contribution >= 4 is 5.57 Å². The first-order valence-corrected chi connectivity index (χ1v) is 13.9. The molecule has 1 aliphatic carbocycles. The Morgan fingerprint density at radius 3 is 2.18 bits per heavy atom. The molecule has 200 valence electrons. The van der Waals surface area contributed by atoms with Crippen LogP contribution in [-0.2, 0) is 10.2 Å². The first-order chi connectivity index (χ1) is 18.4. The van der Waals surface area contributed by atoms with Gasteiger partial charge in [-0.2, -0.15) is 0 Å². The molecule has 0 aliphatic heterocycles. The Bertz CT molecular complexity index is 1300. The van der Waals surface area contributed by atoms with Crippen LogP contribution in [0.15, 0.2) is 67.0 Å². The smallest absolute Gasteiger partial charge is 0.153 e. The Labute approximate surface area is 227 Å². The minimum Gasteiger partial charge on any atom is -0.496 e. The summed E-state index contributed by atoms with van der Waals surface area (Å²) in [5, 5.41) is 11.9. The predicted molar refractivity (Wildman–Crippen MR) is 154 cm³/mol. The number of aryl methyl sites for hydroxylation is 4. The molecule has 2 atom stereocenters. The molecule has 1 N–H and O–H groups in total. The predicted octanol–water partition coefficient (Wildman–Crippen LogP) is 7.11. The maximum absolute atomic E-state index is 11.9. The van der Waals surface area contributed by atoms with Crippen molar-refractivity contribution in [3.63, 3.8) is 0 Å². The van der Waals surface area contributed by atoms with Gasteiger partial charge in [0.05, 0.1) is 12.7 Å². The molecular formula is C33H41N3O2. The Hall–Kier alpha value is -3.31. The van der Waals surface area contributed by atoms with Crippen LogP contribution >= 0.6 is 0 Å². The van der Waals surface area contributed by atoms with Gasteiger partial charge in [0.1, 0.15) is 23.8 Å². The van der Waals surface area contributed by atoms with E-state index >= 15 is 0 Å². The SMILES string of the molecule is CCCCCCCCOC1=C(c2ccc(C)cc2C)C=CC(O)C1(c1ncncn1)c1ccc(C)cc1C. The van der Waals surface area contributed by atoms with Gasteiger partial charge in [-0.05, 0) is 56.4 Å². The Morgan fingerprint density at radius 1 is 0.842 bits per heavy atom. The van der Waals surface area contributed by atoms with Crippen LogP contribution in [0.1, 0.15) is 84.7 Å². The van der Waals surface area contributed by atoms with Crippen molar-refractivity contribution in [3.05, 3.63) is 106 Å². The molecule has 1 aromatic heterocycles. The summed E-state index contributed by atoms with van der Waals surface area (Å²) in [5.41, 5.74) is 6.45. The van der Waals surface area contributed by atoms with Gasteiger partial charge < -0.3 is 9.84 Å². The van der Waals surface area contributed by atoms with Gasteiger partial charge in [0, 0.05) is 5.57 Å². The highest BCUT2D eigenvalue weighted by atomic mass is 16.5. The zero-order valence-electron chi connectivity index (χ0n) is 23.5. The van der Waals surface area contributed by atoms with E-state index in [0.29, 0.717) is 18.2 Å². The normalized spacial score (nSPS) is 19.2. The molecule has 0 fully saturated rings. The van der Waals surface area contributed by atoms with Crippen molar-refractivity contribution in [1.29, 1.82) is 0 Å². The highest BCUT2D eigenvalue weighted by molar-refractivity contribution is 5.82. The number of benzene rings is 2. The molecule has 4 rings (SSSR count). The number of hydrogen-bond donors (Lipinski definition) is 1. The number of unbranched alkanes of at least 4 members (excludes halogenated alkanes) is 5. The van der Waals surface area contributed by atoms with Crippen molar-refractivity contribution in [2.45, 2.75) is 84.7 Å². The lowest BCUT2D eigenvalue weighted by Gasteiger charge is -2.41. The van der Waals surface area contributed by atoms with E-state index in [2.05, 4.69) is 86.0 Å². The van der Waals surface area contributed by atoms with E-state index in [1.165, 1.54) is 43.9 Å². The largest absolute Gasteiger partial charge is 0.496 e. The van der Waals surface area contributed by atoms with Crippen molar-refractivity contribution in [3.8, 4) is 0 Å². The second-order valence-corrected chi connectivity index (χ2v) is 10.6. The second kappa shape index (κ2) is 12.5. The molecule has 1 aliphatic rings. The van der Waals surface area contributed by atoms with Crippen LogP contribution < -0.4 is 0 Å². The number of ether oxygens (including phenoxy) is 1. The van der Waals surface area contributed by atoms with Crippen LogP contribution in [0.5, 0.6) is 0 Å². The van der Waals surface area contributed by atoms with Gasteiger partial charge in [-0.25, -0.2) is 15.0 Å². The molecule has 0 saturated carbocycles. The van der Waals surface area contributed by atoms with Crippen LogP contribution in [0.2, 0.25) is 0 Å². The van der Waals surface area contributed by atoms with Crippen molar-refractivity contribution in [2.24, 2.45) is 0 Å². The van der Waals surface area contributed by atoms with E-state index in [0.717, 1.165) is 46.2 Å². The molecule has 2 aromatic carbocycles. The molecule has 0 bridgehead atoms. The summed E-state index contributed by atoms with van der Waals surface area (Å²) in [7, 11) is 0. The number of nitrogens with zero attached hydrogens (tertiary/aromatic N) is 3. The summed E-state index contributed by atoms with van der Waals surface area (Å²) in [4.78, 5) is 13.3. The lowest BCUT2D eigenvalue weighted by Crippen LogP contribution is -2.46. The van der Waals surface area contributed by atoms with Crippen LogP contribution in [0, 0.1) is 27.7 Å². The number of allylic oxidation sites excluding steroid dienone is 2. The second-order valence-electron chi connectivity index (χ2n) is 10.6. The fourth-order valence-electron chi connectivity index (χ4n) is 5.66. The summed E-state index contributed by atoms with van der Waals surface area (Å²) < 4.78 is 6.79. The summed E-state index contributed by atoms with van der Waals surface area (Å²) >= 11 is 0. The first-order valence-electron chi connectivity index (χ1n) is 13.9. The number of aliphatic hydroxyl groups is 1. The highest BCUT2D eigenvalue weighted by Crippen LogP contribution is 2.49. The topological polar surface area (TPSA) is 68.1 Å². The van der Waals surface area contributed by atoms with Crippen LogP contribution in [0.3, 0.4) is 0 Å².